The number of nitrogens with zero attached hydrogens (tertiary/aromatic N) is 1. The average Bonchev–Trinajstić information content (AvgIpc) is 2.89. The number of nitrogens with two attached hydrogens (primary N) is 1. The first-order valence-corrected chi connectivity index (χ1v) is 7.57. The Morgan fingerprint density at radius 1 is 1.14 bits per heavy atom. The lowest BCUT2D eigenvalue weighted by Crippen LogP contribution is -2.01. The molecule has 0 fully saturated rings. The van der Waals surface area contributed by atoms with Crippen molar-refractivity contribution >= 4 is 51.1 Å². The van der Waals surface area contributed by atoms with E-state index in [1.54, 1.807) is 30.3 Å². The Kier molecular flexibility index (Phi) is 3.93. The number of nitrogen functional groups attached to an aromatic ring is 1. The molecule has 0 amide bonds. The highest BCUT2D eigenvalue weighted by atomic mass is 127. The zero-order chi connectivity index (χ0) is 15.7. The Bertz CT molecular complexity index is 798. The summed E-state index contributed by atoms with van der Waals surface area (Å²) in [5, 5.41) is 2.87. The Morgan fingerprint density at radius 2 is 1.86 bits per heavy atom. The number of hydrogen-bond donors (Lipinski definition) is 1. The summed E-state index contributed by atoms with van der Waals surface area (Å²) in [6, 6.07) is 12.1. The van der Waals surface area contributed by atoms with Crippen LogP contribution in [0.5, 0.6) is 0 Å². The SMILES string of the molecule is Nc1ccc(C2=C(c3ccc(N=O)cc3)COC2=O)c(I)c1. The minimum Gasteiger partial charge on any atom is -0.457 e. The van der Waals surface area contributed by atoms with Gasteiger partial charge in [0.15, 0.2) is 0 Å². The minimum atomic E-state index is -0.352. The quantitative estimate of drug-likeness (QED) is 0.365. The highest BCUT2D eigenvalue weighted by Gasteiger charge is 2.28. The van der Waals surface area contributed by atoms with Gasteiger partial charge in [-0.25, -0.2) is 4.79 Å². The smallest absolute Gasteiger partial charge is 0.339 e. The van der Waals surface area contributed by atoms with Crippen LogP contribution in [-0.4, -0.2) is 12.6 Å². The Labute approximate surface area is 140 Å². The predicted molar refractivity (Wildman–Crippen MR) is 93.2 cm³/mol. The van der Waals surface area contributed by atoms with E-state index in [-0.39, 0.29) is 12.6 Å². The topological polar surface area (TPSA) is 81.8 Å². The van der Waals surface area contributed by atoms with Gasteiger partial charge in [0.25, 0.3) is 0 Å². The number of benzene rings is 2. The van der Waals surface area contributed by atoms with Crippen molar-refractivity contribution in [2.75, 3.05) is 12.3 Å². The molecular formula is C16H11IN2O3. The van der Waals surface area contributed by atoms with Crippen LogP contribution in [0.15, 0.2) is 47.6 Å². The standard InChI is InChI=1S/C16H11IN2O3/c17-14-7-10(18)3-6-12(14)15-13(8-22-16(15)20)9-1-4-11(19-21)5-2-9/h1-7H,8,18H2. The van der Waals surface area contributed by atoms with Gasteiger partial charge < -0.3 is 10.5 Å². The zero-order valence-electron chi connectivity index (χ0n) is 11.4. The maximum absolute atomic E-state index is 12.1. The van der Waals surface area contributed by atoms with Crippen LogP contribution in [0.25, 0.3) is 11.1 Å². The third-order valence-corrected chi connectivity index (χ3v) is 4.33. The van der Waals surface area contributed by atoms with Gasteiger partial charge in [-0.05, 0) is 57.6 Å². The molecule has 5 nitrogen and oxygen atoms in total. The van der Waals surface area contributed by atoms with Crippen molar-refractivity contribution in [3.05, 3.63) is 62.1 Å². The van der Waals surface area contributed by atoms with E-state index in [1.807, 2.05) is 12.1 Å². The Balaban J connectivity index is 2.14. The number of anilines is 1. The van der Waals surface area contributed by atoms with Crippen LogP contribution in [-0.2, 0) is 9.53 Å². The average molecular weight is 406 g/mol. The van der Waals surface area contributed by atoms with Crippen LogP contribution in [0.4, 0.5) is 11.4 Å². The molecule has 1 aliphatic heterocycles. The molecule has 22 heavy (non-hydrogen) atoms. The molecule has 1 heterocycles. The maximum atomic E-state index is 12.1. The fourth-order valence-corrected chi connectivity index (χ4v) is 3.17. The fraction of sp³-hybridized carbons (Fsp3) is 0.0625. The second kappa shape index (κ2) is 5.88. The second-order valence-electron chi connectivity index (χ2n) is 4.81. The summed E-state index contributed by atoms with van der Waals surface area (Å²) >= 11 is 2.15. The number of rotatable bonds is 3. The van der Waals surface area contributed by atoms with E-state index in [4.69, 9.17) is 10.5 Å². The van der Waals surface area contributed by atoms with Gasteiger partial charge in [-0.3, -0.25) is 0 Å². The summed E-state index contributed by atoms with van der Waals surface area (Å²) in [7, 11) is 0. The highest BCUT2D eigenvalue weighted by Crippen LogP contribution is 2.35. The molecule has 2 aromatic carbocycles. The van der Waals surface area contributed by atoms with Crippen LogP contribution in [0.2, 0.25) is 0 Å². The van der Waals surface area contributed by atoms with Crippen molar-refractivity contribution in [2.45, 2.75) is 0 Å². The second-order valence-corrected chi connectivity index (χ2v) is 5.97. The predicted octanol–water partition coefficient (Wildman–Crippen LogP) is 3.74. The summed E-state index contributed by atoms with van der Waals surface area (Å²) in [5.41, 5.74) is 9.71. The van der Waals surface area contributed by atoms with E-state index in [1.165, 1.54) is 0 Å². The van der Waals surface area contributed by atoms with E-state index >= 15 is 0 Å². The molecule has 110 valence electrons. The number of ether oxygens (including phenoxy) is 1. The van der Waals surface area contributed by atoms with Crippen molar-refractivity contribution in [1.29, 1.82) is 0 Å². The summed E-state index contributed by atoms with van der Waals surface area (Å²) in [4.78, 5) is 22.6. The minimum absolute atomic E-state index is 0.211. The maximum Gasteiger partial charge on any atom is 0.339 e. The molecule has 2 N–H and O–H groups in total. The van der Waals surface area contributed by atoms with Crippen LogP contribution >= 0.6 is 22.6 Å². The number of esters is 1. The van der Waals surface area contributed by atoms with E-state index in [2.05, 4.69) is 27.8 Å². The van der Waals surface area contributed by atoms with Crippen LogP contribution < -0.4 is 5.73 Å². The molecule has 3 rings (SSSR count). The highest BCUT2D eigenvalue weighted by molar-refractivity contribution is 14.1. The fourth-order valence-electron chi connectivity index (χ4n) is 2.36. The van der Waals surface area contributed by atoms with E-state index in [9.17, 15) is 9.70 Å². The van der Waals surface area contributed by atoms with Crippen molar-refractivity contribution < 1.29 is 9.53 Å². The third kappa shape index (κ3) is 2.61. The molecule has 0 aliphatic carbocycles. The number of carbonyl (C=O) groups is 1. The normalized spacial score (nSPS) is 14.1. The number of carbonyl (C=O) groups excluding carboxylic acids is 1. The molecule has 0 unspecified atom stereocenters. The first kappa shape index (κ1) is 14.7. The lowest BCUT2D eigenvalue weighted by molar-refractivity contribution is -0.133. The summed E-state index contributed by atoms with van der Waals surface area (Å²) in [6.45, 7) is 0.211. The van der Waals surface area contributed by atoms with Gasteiger partial charge in [-0.2, -0.15) is 0 Å². The molecule has 0 bridgehead atoms. The van der Waals surface area contributed by atoms with E-state index < -0.39 is 0 Å². The summed E-state index contributed by atoms with van der Waals surface area (Å²) in [5.74, 6) is -0.352. The largest absolute Gasteiger partial charge is 0.457 e. The lowest BCUT2D eigenvalue weighted by Gasteiger charge is -2.07. The van der Waals surface area contributed by atoms with Crippen molar-refractivity contribution in [1.82, 2.24) is 0 Å². The Morgan fingerprint density at radius 3 is 2.50 bits per heavy atom. The van der Waals surface area contributed by atoms with Crippen LogP contribution in [0, 0.1) is 8.48 Å². The van der Waals surface area contributed by atoms with Crippen LogP contribution in [0.3, 0.4) is 0 Å². The first-order chi connectivity index (χ1) is 10.6. The van der Waals surface area contributed by atoms with Gasteiger partial charge in [0, 0.05) is 20.4 Å². The molecule has 0 radical (unpaired) electrons. The molecule has 6 heteroatoms. The van der Waals surface area contributed by atoms with Gasteiger partial charge in [0.2, 0.25) is 0 Å². The zero-order valence-corrected chi connectivity index (χ0v) is 13.5. The Hall–Kier alpha value is -2.22. The number of halogens is 1. The van der Waals surface area contributed by atoms with Gasteiger partial charge in [-0.1, -0.05) is 18.2 Å². The molecular weight excluding hydrogens is 395 g/mol. The number of hydrogen-bond acceptors (Lipinski definition) is 5. The summed E-state index contributed by atoms with van der Waals surface area (Å²) < 4.78 is 6.08. The number of cyclic esters (lactones) is 1. The molecule has 0 saturated heterocycles. The van der Waals surface area contributed by atoms with E-state index in [0.29, 0.717) is 16.9 Å². The molecule has 1 aliphatic rings. The molecule has 0 atom stereocenters. The van der Waals surface area contributed by atoms with Crippen LogP contribution in [0.1, 0.15) is 11.1 Å². The number of nitroso groups, excluding NO2 is 1. The molecule has 0 spiro atoms. The van der Waals surface area contributed by atoms with Gasteiger partial charge in [0.1, 0.15) is 12.3 Å². The lowest BCUT2D eigenvalue weighted by atomic mass is 9.96. The molecule has 0 aromatic heterocycles. The van der Waals surface area contributed by atoms with Gasteiger partial charge in [0.05, 0.1) is 5.57 Å². The summed E-state index contributed by atoms with van der Waals surface area (Å²) in [6.07, 6.45) is 0. The van der Waals surface area contributed by atoms with E-state index in [0.717, 1.165) is 20.3 Å². The monoisotopic (exact) mass is 406 g/mol. The van der Waals surface area contributed by atoms with Crippen molar-refractivity contribution in [3.8, 4) is 0 Å². The van der Waals surface area contributed by atoms with Crippen molar-refractivity contribution in [2.24, 2.45) is 5.18 Å². The molecule has 0 saturated carbocycles. The van der Waals surface area contributed by atoms with Gasteiger partial charge >= 0.3 is 5.97 Å². The van der Waals surface area contributed by atoms with Gasteiger partial charge in [-0.15, -0.1) is 4.91 Å². The first-order valence-electron chi connectivity index (χ1n) is 6.49. The third-order valence-electron chi connectivity index (χ3n) is 3.44. The molecule has 2 aromatic rings. The van der Waals surface area contributed by atoms with Crippen molar-refractivity contribution in [3.63, 3.8) is 0 Å².